The van der Waals surface area contributed by atoms with Gasteiger partial charge in [0, 0.05) is 6.20 Å². The lowest BCUT2D eigenvalue weighted by Crippen LogP contribution is -2.50. The monoisotopic (exact) mass is 576 g/mol. The minimum atomic E-state index is -4.35. The molecule has 11 nitrogen and oxygen atoms in total. The number of halogens is 2. The number of allylic oxidation sites excluding steroid dienone is 1. The highest BCUT2D eigenvalue weighted by Gasteiger charge is 2.60. The molecule has 1 aromatic carbocycles. The van der Waals surface area contributed by atoms with Crippen LogP contribution in [0.25, 0.3) is 0 Å². The van der Waals surface area contributed by atoms with Gasteiger partial charge >= 0.3 is 13.7 Å². The second-order valence-electron chi connectivity index (χ2n) is 8.83. The topological polar surface area (TPSA) is 141 Å². The summed E-state index contributed by atoms with van der Waals surface area (Å²) in [6.45, 7) is 4.43. The van der Waals surface area contributed by atoms with Gasteiger partial charge in [-0.25, -0.2) is 8.96 Å². The number of ketones is 1. The van der Waals surface area contributed by atoms with E-state index in [1.165, 1.54) is 19.1 Å². The highest BCUT2D eigenvalue weighted by molar-refractivity contribution is 7.52. The van der Waals surface area contributed by atoms with Crippen molar-refractivity contribution >= 4 is 37.0 Å². The molecule has 1 fully saturated rings. The van der Waals surface area contributed by atoms with E-state index in [2.05, 4.69) is 5.09 Å². The van der Waals surface area contributed by atoms with Crippen LogP contribution >= 0.6 is 19.3 Å². The third-order valence-electron chi connectivity index (χ3n) is 5.94. The molecule has 0 aliphatic carbocycles. The number of carbonyl (C=O) groups is 3. The van der Waals surface area contributed by atoms with E-state index in [0.29, 0.717) is 12.8 Å². The Labute approximate surface area is 224 Å². The van der Waals surface area contributed by atoms with E-state index < -0.39 is 68.0 Å². The SMILES string of the molecule is CCC(CC)OC(=O)[C@H](C)NP(=O)(OC[C@H]1O[C@@H](N2C=CC(=O)CC2=O)[C@@](F)(Cl)[C@@H]1O)Oc1ccccc1. The Kier molecular flexibility index (Phi) is 10.1. The third kappa shape index (κ3) is 7.19. The average molecular weight is 577 g/mol. The summed E-state index contributed by atoms with van der Waals surface area (Å²) in [5.74, 6) is -1.81. The summed E-state index contributed by atoms with van der Waals surface area (Å²) in [6.07, 6.45) is -2.90. The first-order chi connectivity index (χ1) is 17.9. The van der Waals surface area contributed by atoms with Gasteiger partial charge in [0.25, 0.3) is 5.13 Å². The van der Waals surface area contributed by atoms with Gasteiger partial charge in [0.1, 0.15) is 30.1 Å². The molecule has 1 amide bonds. The number of benzene rings is 1. The van der Waals surface area contributed by atoms with Crippen molar-refractivity contribution in [2.45, 2.75) is 75.7 Å². The molecular formula is C24H31ClFN2O9P. The van der Waals surface area contributed by atoms with Gasteiger partial charge in [-0.15, -0.1) is 0 Å². The number of aliphatic hydroxyl groups is 1. The van der Waals surface area contributed by atoms with Crippen LogP contribution in [-0.4, -0.2) is 70.0 Å². The van der Waals surface area contributed by atoms with Gasteiger partial charge in [0.05, 0.1) is 13.0 Å². The Morgan fingerprint density at radius 2 is 1.97 bits per heavy atom. The Morgan fingerprint density at radius 3 is 2.58 bits per heavy atom. The van der Waals surface area contributed by atoms with Crippen molar-refractivity contribution in [3.8, 4) is 5.75 Å². The van der Waals surface area contributed by atoms with Crippen LogP contribution in [0, 0.1) is 0 Å². The maximum absolute atomic E-state index is 15.3. The Morgan fingerprint density at radius 1 is 1.32 bits per heavy atom. The number of nitrogens with one attached hydrogen (secondary N) is 1. The van der Waals surface area contributed by atoms with Crippen molar-refractivity contribution in [3.63, 3.8) is 0 Å². The molecule has 0 aromatic heterocycles. The number of para-hydroxylation sites is 1. The molecule has 0 saturated carbocycles. The van der Waals surface area contributed by atoms with Crippen LogP contribution in [0.3, 0.4) is 0 Å². The summed E-state index contributed by atoms with van der Waals surface area (Å²) in [5, 5.41) is 10.0. The quantitative estimate of drug-likeness (QED) is 0.165. The van der Waals surface area contributed by atoms with Crippen molar-refractivity contribution < 1.29 is 47.0 Å². The number of ether oxygens (including phenoxy) is 2. The molecule has 1 saturated heterocycles. The molecule has 38 heavy (non-hydrogen) atoms. The Bertz CT molecular complexity index is 1090. The number of hydrogen-bond donors (Lipinski definition) is 2. The molecule has 2 aliphatic heterocycles. The summed E-state index contributed by atoms with van der Waals surface area (Å²) >= 11 is 5.91. The van der Waals surface area contributed by atoms with Gasteiger partial charge in [0.15, 0.2) is 12.0 Å². The first-order valence-electron chi connectivity index (χ1n) is 12.1. The zero-order chi connectivity index (χ0) is 28.1. The largest absolute Gasteiger partial charge is 0.461 e. The van der Waals surface area contributed by atoms with Crippen LogP contribution < -0.4 is 9.61 Å². The maximum atomic E-state index is 15.3. The number of esters is 1. The lowest BCUT2D eigenvalue weighted by molar-refractivity contribution is -0.151. The van der Waals surface area contributed by atoms with Crippen molar-refractivity contribution in [1.82, 2.24) is 9.99 Å². The van der Waals surface area contributed by atoms with Gasteiger partial charge in [-0.2, -0.15) is 5.09 Å². The van der Waals surface area contributed by atoms with Crippen molar-refractivity contribution in [3.05, 3.63) is 42.6 Å². The highest BCUT2D eigenvalue weighted by atomic mass is 35.5. The van der Waals surface area contributed by atoms with Gasteiger partial charge in [-0.3, -0.25) is 23.8 Å². The molecular weight excluding hydrogens is 546 g/mol. The van der Waals surface area contributed by atoms with E-state index in [9.17, 15) is 24.1 Å². The normalized spacial score (nSPS) is 27.9. The van der Waals surface area contributed by atoms with Gasteiger partial charge in [-0.05, 0) is 38.0 Å². The number of hydrogen-bond acceptors (Lipinski definition) is 9. The van der Waals surface area contributed by atoms with Crippen LogP contribution in [0.5, 0.6) is 5.75 Å². The number of aliphatic hydroxyl groups excluding tert-OH is 1. The fraction of sp³-hybridized carbons (Fsp3) is 0.542. The molecule has 3 rings (SSSR count). The summed E-state index contributed by atoms with van der Waals surface area (Å²) in [6, 6.07) is 6.82. The van der Waals surface area contributed by atoms with Gasteiger partial charge in [0.2, 0.25) is 5.91 Å². The van der Waals surface area contributed by atoms with Crippen molar-refractivity contribution in [2.24, 2.45) is 0 Å². The molecule has 6 atom stereocenters. The number of amides is 1. The van der Waals surface area contributed by atoms with E-state index in [1.54, 1.807) is 18.2 Å². The minimum Gasteiger partial charge on any atom is -0.461 e. The minimum absolute atomic E-state index is 0.139. The Balaban J connectivity index is 1.75. The van der Waals surface area contributed by atoms with E-state index in [4.69, 9.17) is 30.1 Å². The first kappa shape index (κ1) is 30.2. The third-order valence-corrected chi connectivity index (χ3v) is 8.00. The fourth-order valence-electron chi connectivity index (χ4n) is 3.75. The van der Waals surface area contributed by atoms with Crippen LogP contribution in [-0.2, 0) is 32.9 Å². The molecule has 0 spiro atoms. The summed E-state index contributed by atoms with van der Waals surface area (Å²) in [5.41, 5.74) is 0. The molecule has 14 heteroatoms. The number of nitrogens with zero attached hydrogens (tertiary/aromatic N) is 1. The lowest BCUT2D eigenvalue weighted by atomic mass is 10.1. The maximum Gasteiger partial charge on any atom is 0.459 e. The van der Waals surface area contributed by atoms with E-state index in [0.717, 1.165) is 17.2 Å². The summed E-state index contributed by atoms with van der Waals surface area (Å²) in [4.78, 5) is 37.0. The van der Waals surface area contributed by atoms with Crippen LogP contribution in [0.15, 0.2) is 42.6 Å². The second kappa shape index (κ2) is 12.7. The average Bonchev–Trinajstić information content (AvgIpc) is 3.09. The number of alkyl halides is 2. The zero-order valence-corrected chi connectivity index (χ0v) is 22.8. The summed E-state index contributed by atoms with van der Waals surface area (Å²) < 4.78 is 50.8. The van der Waals surface area contributed by atoms with E-state index in [-0.39, 0.29) is 11.9 Å². The summed E-state index contributed by atoms with van der Waals surface area (Å²) in [7, 11) is -4.35. The first-order valence-corrected chi connectivity index (χ1v) is 14.0. The van der Waals surface area contributed by atoms with Crippen LogP contribution in [0.4, 0.5) is 4.39 Å². The van der Waals surface area contributed by atoms with Crippen molar-refractivity contribution in [1.29, 1.82) is 0 Å². The predicted octanol–water partition coefficient (Wildman–Crippen LogP) is 3.21. The molecule has 2 aliphatic rings. The number of carbonyl (C=O) groups excluding carboxylic acids is 3. The highest BCUT2D eigenvalue weighted by Crippen LogP contribution is 2.47. The number of rotatable bonds is 12. The van der Waals surface area contributed by atoms with Gasteiger partial charge in [-0.1, -0.05) is 43.6 Å². The molecule has 210 valence electrons. The van der Waals surface area contributed by atoms with Crippen LogP contribution in [0.2, 0.25) is 0 Å². The lowest BCUT2D eigenvalue weighted by Gasteiger charge is -2.31. The van der Waals surface area contributed by atoms with E-state index >= 15 is 4.39 Å². The second-order valence-corrected chi connectivity index (χ2v) is 11.1. The Hall–Kier alpha value is -2.34. The predicted molar refractivity (Wildman–Crippen MR) is 134 cm³/mol. The zero-order valence-electron chi connectivity index (χ0n) is 21.1. The van der Waals surface area contributed by atoms with Crippen molar-refractivity contribution in [2.75, 3.05) is 6.61 Å². The fourth-order valence-corrected chi connectivity index (χ4v) is 5.55. The van der Waals surface area contributed by atoms with E-state index in [1.807, 2.05) is 13.8 Å². The smallest absolute Gasteiger partial charge is 0.459 e. The van der Waals surface area contributed by atoms with Crippen LogP contribution in [0.1, 0.15) is 40.0 Å². The standard InChI is InChI=1S/C24H31ClFN2O9P/c1-4-17(5-2)35-22(32)15(3)27-38(33,37-18-9-7-6-8-10-18)34-14-19-21(31)24(25,26)23(36-19)28-12-11-16(29)13-20(28)30/h6-12,15,17,19,21,23,31H,4-5,13-14H2,1-3H3,(H,27,33)/t15-,19+,21+,23+,24+,38?/m0/s1. The molecule has 2 N–H and O–H groups in total. The molecule has 1 unspecified atom stereocenters. The molecule has 2 heterocycles. The molecule has 0 bridgehead atoms. The van der Waals surface area contributed by atoms with Gasteiger partial charge < -0.3 is 19.1 Å². The molecule has 0 radical (unpaired) electrons. The molecule has 1 aromatic rings.